The Labute approximate surface area is 89.5 Å². The van der Waals surface area contributed by atoms with E-state index < -0.39 is 9.17 Å². The van der Waals surface area contributed by atoms with Crippen LogP contribution in [0.15, 0.2) is 0 Å². The Balaban J connectivity index is -0.00000000750. The van der Waals surface area contributed by atoms with Crippen LogP contribution in [0, 0.1) is 41.7 Å². The third-order valence-electron chi connectivity index (χ3n) is 0. The fourth-order valence-corrected chi connectivity index (χ4v) is 0. The summed E-state index contributed by atoms with van der Waals surface area (Å²) in [4.78, 5) is 14.3. The second kappa shape index (κ2) is 9.90. The largest absolute Gasteiger partial charge is 2.00 e. The van der Waals surface area contributed by atoms with E-state index in [0.717, 1.165) is 0 Å². The molecule has 0 heterocycles. The van der Waals surface area contributed by atoms with Gasteiger partial charge in [-0.15, -0.1) is 0 Å². The van der Waals surface area contributed by atoms with E-state index in [1.165, 1.54) is 0 Å². The van der Waals surface area contributed by atoms with Crippen LogP contribution >= 0.6 is 0 Å². The van der Waals surface area contributed by atoms with Crippen LogP contribution in [0.4, 0.5) is 0 Å². The van der Waals surface area contributed by atoms with Crippen molar-refractivity contribution in [2.75, 3.05) is 0 Å². The summed E-state index contributed by atoms with van der Waals surface area (Å²) in [6, 6.07) is 0. The third-order valence-corrected chi connectivity index (χ3v) is 0. The Hall–Kier alpha value is 1.76. The average Bonchev–Trinajstić information content (AvgIpc) is 0.811. The molecule has 0 unspecified atom stereocenters. The van der Waals surface area contributed by atoms with Gasteiger partial charge in [-0.2, -0.15) is 0 Å². The molecule has 0 bridgehead atoms. The van der Waals surface area contributed by atoms with Crippen LogP contribution in [0.5, 0.6) is 0 Å². The van der Waals surface area contributed by atoms with Crippen LogP contribution < -0.4 is 0 Å². The molecule has 6 heteroatoms. The predicted octanol–water partition coefficient (Wildman–Crippen LogP) is -1.77. The van der Waals surface area contributed by atoms with Gasteiger partial charge in [-0.25, -0.2) is 0 Å². The summed E-state index contributed by atoms with van der Waals surface area (Å²) in [5, 5.41) is 0. The summed E-state index contributed by atoms with van der Waals surface area (Å²) in [6.07, 6.45) is 0. The van der Waals surface area contributed by atoms with Crippen molar-refractivity contribution in [2.24, 2.45) is 0 Å². The van der Waals surface area contributed by atoms with Crippen LogP contribution in [0.3, 0.4) is 0 Å². The van der Waals surface area contributed by atoms with E-state index in [1.54, 1.807) is 0 Å². The summed E-state index contributed by atoms with van der Waals surface area (Å²) in [6.45, 7) is 0. The fraction of sp³-hybridized carbons (Fsp3) is 0. The second-order valence-electron chi connectivity index (χ2n) is 0.283. The minimum Gasteiger partial charge on any atom is -1.00 e. The van der Waals surface area contributed by atoms with Crippen molar-refractivity contribution in [3.05, 3.63) is 0 Å². The molecule has 6 heavy (non-hydrogen) atoms. The van der Waals surface area contributed by atoms with Crippen molar-refractivity contribution >= 4 is 32.2 Å². The molecule has 0 aromatic heterocycles. The molecule has 0 spiro atoms. The van der Waals surface area contributed by atoms with E-state index in [9.17, 15) is 0 Å². The Kier molecular flexibility index (Phi) is 25.8. The first-order valence-electron chi connectivity index (χ1n) is 0.651. The van der Waals surface area contributed by atoms with Crippen LogP contribution in [-0.4, -0.2) is 41.8 Å². The van der Waals surface area contributed by atoms with Crippen LogP contribution in [-0.2, 0) is 4.46 Å². The number of hydrogen-bond donors (Lipinski definition) is 2. The molecule has 32 valence electrons. The molecular formula is H4CeMgO3Si. The molecule has 0 aliphatic carbocycles. The standard InChI is InChI=1S/Ce.Mg.H2O3Si.2H/c;;1-4(2)3;;/h;;1-2H;;/q;+2;;2*-1. The van der Waals surface area contributed by atoms with E-state index in [4.69, 9.17) is 14.1 Å². The van der Waals surface area contributed by atoms with E-state index >= 15 is 0 Å². The Bertz CT molecular complexity index is 40.3. The molecule has 0 amide bonds. The van der Waals surface area contributed by atoms with Gasteiger partial charge in [0, 0.05) is 41.7 Å². The van der Waals surface area contributed by atoms with E-state index in [1.807, 2.05) is 0 Å². The minimum atomic E-state index is -3.13. The van der Waals surface area contributed by atoms with Crippen molar-refractivity contribution in [1.29, 1.82) is 0 Å². The number of hydrogen-bond acceptors (Lipinski definition) is 1. The van der Waals surface area contributed by atoms with Crippen LogP contribution in [0.25, 0.3) is 0 Å². The average molecular weight is 245 g/mol. The summed E-state index contributed by atoms with van der Waals surface area (Å²) < 4.78 is 8.74. The molecule has 0 aliphatic heterocycles. The zero-order valence-corrected chi connectivity index (χ0v) is 8.56. The maximum absolute atomic E-state index is 8.74. The van der Waals surface area contributed by atoms with Gasteiger partial charge >= 0.3 is 32.2 Å². The van der Waals surface area contributed by atoms with Gasteiger partial charge in [0.25, 0.3) is 0 Å². The SMILES string of the molecule is O=[Si](O)O.[Ce].[H-].[H-].[Mg+2]. The molecular weight excluding hydrogens is 241 g/mol. The quantitative estimate of drug-likeness (QED) is 0.496. The second-order valence-corrected chi connectivity index (χ2v) is 0.848. The molecule has 0 atom stereocenters. The zero-order valence-electron chi connectivity index (χ0n) is 5.01. The van der Waals surface area contributed by atoms with Crippen molar-refractivity contribution in [3.8, 4) is 0 Å². The van der Waals surface area contributed by atoms with Crippen LogP contribution in [0.2, 0.25) is 0 Å². The molecule has 2 N–H and O–H groups in total. The summed E-state index contributed by atoms with van der Waals surface area (Å²) in [7, 11) is -3.13. The van der Waals surface area contributed by atoms with Crippen molar-refractivity contribution in [1.82, 2.24) is 0 Å². The maximum atomic E-state index is 8.74. The fourth-order valence-electron chi connectivity index (χ4n) is 0. The van der Waals surface area contributed by atoms with Crippen molar-refractivity contribution in [3.63, 3.8) is 0 Å². The summed E-state index contributed by atoms with van der Waals surface area (Å²) >= 11 is 0. The molecule has 0 radical (unpaired) electrons. The zero-order chi connectivity index (χ0) is 3.58. The van der Waals surface area contributed by atoms with Crippen molar-refractivity contribution < 1.29 is 58.7 Å². The molecule has 3 nitrogen and oxygen atoms in total. The van der Waals surface area contributed by atoms with Gasteiger partial charge in [-0.1, -0.05) is 0 Å². The predicted molar refractivity (Wildman–Crippen MR) is 18.9 cm³/mol. The molecule has 0 saturated carbocycles. The van der Waals surface area contributed by atoms with Crippen LogP contribution in [0.1, 0.15) is 2.85 Å². The molecule has 0 saturated heterocycles. The first-order valence-corrected chi connectivity index (χ1v) is 1.95. The van der Waals surface area contributed by atoms with Gasteiger partial charge in [0.05, 0.1) is 0 Å². The minimum absolute atomic E-state index is 0. The topological polar surface area (TPSA) is 57.5 Å². The van der Waals surface area contributed by atoms with E-state index in [0.29, 0.717) is 0 Å². The number of rotatable bonds is 0. The Morgan fingerprint density at radius 2 is 1.50 bits per heavy atom. The monoisotopic (exact) mass is 244 g/mol. The molecule has 0 aromatic rings. The normalized spacial score (nSPS) is 4.00. The third kappa shape index (κ3) is 42.1. The van der Waals surface area contributed by atoms with Gasteiger partial charge in [-0.05, 0) is 0 Å². The van der Waals surface area contributed by atoms with Crippen molar-refractivity contribution in [2.45, 2.75) is 0 Å². The first-order chi connectivity index (χ1) is 1.73. The molecule has 0 aliphatic rings. The van der Waals surface area contributed by atoms with Gasteiger partial charge in [0.1, 0.15) is 0 Å². The maximum Gasteiger partial charge on any atom is 2.00 e. The van der Waals surface area contributed by atoms with Gasteiger partial charge in [-0.3, -0.25) is 4.46 Å². The Morgan fingerprint density at radius 3 is 1.50 bits per heavy atom. The van der Waals surface area contributed by atoms with Gasteiger partial charge < -0.3 is 12.4 Å². The van der Waals surface area contributed by atoms with E-state index in [-0.39, 0.29) is 67.7 Å². The van der Waals surface area contributed by atoms with Gasteiger partial charge in [0.2, 0.25) is 0 Å². The summed E-state index contributed by atoms with van der Waals surface area (Å²) in [5.74, 6) is 0. The molecule has 0 rings (SSSR count). The summed E-state index contributed by atoms with van der Waals surface area (Å²) in [5.41, 5.74) is 0. The molecule has 0 fully saturated rings. The molecule has 0 aromatic carbocycles. The first kappa shape index (κ1) is 15.7. The van der Waals surface area contributed by atoms with Gasteiger partial charge in [0.15, 0.2) is 0 Å². The van der Waals surface area contributed by atoms with E-state index in [2.05, 4.69) is 0 Å². The Morgan fingerprint density at radius 1 is 1.50 bits per heavy atom. The smallest absolute Gasteiger partial charge is 1.00 e.